The van der Waals surface area contributed by atoms with Gasteiger partial charge in [0.05, 0.1) is 5.56 Å². The highest BCUT2D eigenvalue weighted by Gasteiger charge is 2.33. The second-order valence-corrected chi connectivity index (χ2v) is 6.21. The zero-order valence-corrected chi connectivity index (χ0v) is 11.8. The molecule has 0 aliphatic heterocycles. The fourth-order valence-corrected chi connectivity index (χ4v) is 2.93. The van der Waals surface area contributed by atoms with Gasteiger partial charge in [0.25, 0.3) is 0 Å². The molecule has 19 heavy (non-hydrogen) atoms. The zero-order valence-electron chi connectivity index (χ0n) is 11.8. The number of carboxylic acids is 1. The lowest BCUT2D eigenvalue weighted by Crippen LogP contribution is -2.29. The van der Waals surface area contributed by atoms with E-state index < -0.39 is 5.97 Å². The molecule has 2 N–H and O–H groups in total. The fourth-order valence-electron chi connectivity index (χ4n) is 2.93. The number of rotatable bonds is 5. The van der Waals surface area contributed by atoms with Gasteiger partial charge < -0.3 is 10.4 Å². The highest BCUT2D eigenvalue weighted by Crippen LogP contribution is 2.41. The number of nitrogens with one attached hydrogen (secondary N) is 1. The first-order valence-corrected chi connectivity index (χ1v) is 7.02. The summed E-state index contributed by atoms with van der Waals surface area (Å²) < 4.78 is 0. The average molecular weight is 261 g/mol. The van der Waals surface area contributed by atoms with Gasteiger partial charge in [-0.2, -0.15) is 0 Å². The largest absolute Gasteiger partial charge is 0.478 e. The van der Waals surface area contributed by atoms with Gasteiger partial charge in [0, 0.05) is 6.54 Å². The van der Waals surface area contributed by atoms with Crippen molar-refractivity contribution in [2.24, 2.45) is 11.3 Å². The van der Waals surface area contributed by atoms with Crippen LogP contribution in [0.25, 0.3) is 0 Å². The Bertz CT molecular complexity index is 437. The smallest absolute Gasteiger partial charge is 0.335 e. The molecular formula is C16H23NO2. The van der Waals surface area contributed by atoms with E-state index in [1.165, 1.54) is 19.3 Å². The van der Waals surface area contributed by atoms with E-state index in [0.29, 0.717) is 11.0 Å². The van der Waals surface area contributed by atoms with Gasteiger partial charge in [-0.05, 0) is 48.4 Å². The lowest BCUT2D eigenvalue weighted by molar-refractivity contribution is 0.0697. The van der Waals surface area contributed by atoms with E-state index in [4.69, 9.17) is 5.11 Å². The van der Waals surface area contributed by atoms with E-state index in [2.05, 4.69) is 19.2 Å². The van der Waals surface area contributed by atoms with Crippen molar-refractivity contribution in [1.29, 1.82) is 0 Å². The Morgan fingerprint density at radius 3 is 2.58 bits per heavy atom. The summed E-state index contributed by atoms with van der Waals surface area (Å²) in [6.45, 7) is 6.57. The third kappa shape index (κ3) is 3.57. The molecule has 1 aromatic rings. The minimum atomic E-state index is -0.868. The van der Waals surface area contributed by atoms with Crippen LogP contribution in [-0.2, 0) is 6.54 Å². The van der Waals surface area contributed by atoms with Crippen molar-refractivity contribution in [3.63, 3.8) is 0 Å². The molecule has 0 radical (unpaired) electrons. The molecule has 0 amide bonds. The summed E-state index contributed by atoms with van der Waals surface area (Å²) in [5.41, 5.74) is 1.95. The number of carboxylic acid groups (broad SMARTS) is 1. The standard InChI is InChI=1S/C16H23NO2/c1-16(2)9-3-4-14(16)11-17-10-12-5-7-13(8-6-12)15(18)19/h5-8,14,17H,3-4,9-11H2,1-2H3,(H,18,19). The Hall–Kier alpha value is -1.35. The quantitative estimate of drug-likeness (QED) is 0.855. The maximum atomic E-state index is 10.8. The van der Waals surface area contributed by atoms with Crippen LogP contribution < -0.4 is 5.32 Å². The molecule has 3 nitrogen and oxygen atoms in total. The van der Waals surface area contributed by atoms with Gasteiger partial charge in [-0.1, -0.05) is 32.4 Å². The Balaban J connectivity index is 1.81. The van der Waals surface area contributed by atoms with Gasteiger partial charge >= 0.3 is 5.97 Å². The first kappa shape index (κ1) is 14.1. The molecule has 3 heteroatoms. The number of hydrogen-bond acceptors (Lipinski definition) is 2. The summed E-state index contributed by atoms with van der Waals surface area (Å²) in [5, 5.41) is 12.3. The number of benzene rings is 1. The van der Waals surface area contributed by atoms with Gasteiger partial charge in [-0.25, -0.2) is 4.79 Å². The Morgan fingerprint density at radius 1 is 1.37 bits per heavy atom. The molecular weight excluding hydrogens is 238 g/mol. The molecule has 1 aliphatic rings. The first-order chi connectivity index (χ1) is 8.99. The SMILES string of the molecule is CC1(C)CCCC1CNCc1ccc(C(=O)O)cc1. The molecule has 1 atom stereocenters. The van der Waals surface area contributed by atoms with E-state index in [-0.39, 0.29) is 0 Å². The molecule has 0 spiro atoms. The van der Waals surface area contributed by atoms with Crippen LogP contribution in [0.2, 0.25) is 0 Å². The van der Waals surface area contributed by atoms with Crippen LogP contribution in [0.3, 0.4) is 0 Å². The number of aromatic carboxylic acids is 1. The van der Waals surface area contributed by atoms with Crippen LogP contribution in [-0.4, -0.2) is 17.6 Å². The van der Waals surface area contributed by atoms with E-state index in [0.717, 1.165) is 24.6 Å². The van der Waals surface area contributed by atoms with Gasteiger partial charge in [0.1, 0.15) is 0 Å². The summed E-state index contributed by atoms with van der Waals surface area (Å²) in [6.07, 6.45) is 3.98. The van der Waals surface area contributed by atoms with Crippen molar-refractivity contribution in [3.05, 3.63) is 35.4 Å². The maximum Gasteiger partial charge on any atom is 0.335 e. The molecule has 0 bridgehead atoms. The minimum Gasteiger partial charge on any atom is -0.478 e. The number of hydrogen-bond donors (Lipinski definition) is 2. The van der Waals surface area contributed by atoms with Crippen LogP contribution in [0.15, 0.2) is 24.3 Å². The maximum absolute atomic E-state index is 10.8. The van der Waals surface area contributed by atoms with Gasteiger partial charge in [-0.3, -0.25) is 0 Å². The van der Waals surface area contributed by atoms with Crippen LogP contribution in [0.5, 0.6) is 0 Å². The lowest BCUT2D eigenvalue weighted by Gasteiger charge is -2.27. The van der Waals surface area contributed by atoms with Gasteiger partial charge in [0.15, 0.2) is 0 Å². The molecule has 1 unspecified atom stereocenters. The Labute approximate surface area is 115 Å². The summed E-state index contributed by atoms with van der Waals surface area (Å²) in [5.74, 6) is -0.113. The summed E-state index contributed by atoms with van der Waals surface area (Å²) in [6, 6.07) is 7.10. The summed E-state index contributed by atoms with van der Waals surface area (Å²) >= 11 is 0. The Morgan fingerprint density at radius 2 is 2.05 bits per heavy atom. The van der Waals surface area contributed by atoms with Crippen molar-refractivity contribution in [2.75, 3.05) is 6.54 Å². The molecule has 1 fully saturated rings. The van der Waals surface area contributed by atoms with Crippen LogP contribution in [0, 0.1) is 11.3 Å². The van der Waals surface area contributed by atoms with E-state index in [1.54, 1.807) is 12.1 Å². The van der Waals surface area contributed by atoms with Crippen molar-refractivity contribution in [2.45, 2.75) is 39.7 Å². The molecule has 1 aliphatic carbocycles. The predicted octanol–water partition coefficient (Wildman–Crippen LogP) is 3.30. The molecule has 104 valence electrons. The van der Waals surface area contributed by atoms with E-state index in [9.17, 15) is 4.79 Å². The van der Waals surface area contributed by atoms with E-state index in [1.807, 2.05) is 12.1 Å². The van der Waals surface area contributed by atoms with Crippen LogP contribution in [0.1, 0.15) is 49.0 Å². The monoisotopic (exact) mass is 261 g/mol. The normalized spacial score (nSPS) is 21.5. The number of carbonyl (C=O) groups is 1. The average Bonchev–Trinajstić information content (AvgIpc) is 2.69. The topological polar surface area (TPSA) is 49.3 Å². The van der Waals surface area contributed by atoms with Gasteiger partial charge in [0.2, 0.25) is 0 Å². The van der Waals surface area contributed by atoms with Crippen molar-refractivity contribution in [1.82, 2.24) is 5.32 Å². The van der Waals surface area contributed by atoms with Crippen LogP contribution >= 0.6 is 0 Å². The Kier molecular flexibility index (Phi) is 4.25. The third-order valence-electron chi connectivity index (χ3n) is 4.40. The van der Waals surface area contributed by atoms with E-state index >= 15 is 0 Å². The zero-order chi connectivity index (χ0) is 13.9. The highest BCUT2D eigenvalue weighted by molar-refractivity contribution is 5.87. The van der Waals surface area contributed by atoms with Crippen molar-refractivity contribution >= 4 is 5.97 Å². The fraction of sp³-hybridized carbons (Fsp3) is 0.562. The van der Waals surface area contributed by atoms with Crippen molar-refractivity contribution in [3.8, 4) is 0 Å². The summed E-state index contributed by atoms with van der Waals surface area (Å²) in [4.78, 5) is 10.8. The molecule has 0 saturated heterocycles. The molecule has 2 rings (SSSR count). The second kappa shape index (κ2) is 5.74. The lowest BCUT2D eigenvalue weighted by atomic mass is 9.82. The molecule has 0 aromatic heterocycles. The van der Waals surface area contributed by atoms with Crippen LogP contribution in [0.4, 0.5) is 0 Å². The highest BCUT2D eigenvalue weighted by atomic mass is 16.4. The van der Waals surface area contributed by atoms with Crippen molar-refractivity contribution < 1.29 is 9.90 Å². The predicted molar refractivity (Wildman–Crippen MR) is 76.2 cm³/mol. The second-order valence-electron chi connectivity index (χ2n) is 6.21. The minimum absolute atomic E-state index is 0.348. The first-order valence-electron chi connectivity index (χ1n) is 7.02. The molecule has 1 aromatic carbocycles. The third-order valence-corrected chi connectivity index (χ3v) is 4.40. The van der Waals surface area contributed by atoms with Gasteiger partial charge in [-0.15, -0.1) is 0 Å². The molecule has 0 heterocycles. The molecule has 1 saturated carbocycles. The summed E-state index contributed by atoms with van der Waals surface area (Å²) in [7, 11) is 0.